The third-order valence-electron chi connectivity index (χ3n) is 3.90. The largest absolute Gasteiger partial charge is 0.497 e. The van der Waals surface area contributed by atoms with E-state index >= 15 is 0 Å². The van der Waals surface area contributed by atoms with Crippen LogP contribution in [-0.4, -0.2) is 32.1 Å². The minimum atomic E-state index is -0.0730. The van der Waals surface area contributed by atoms with Gasteiger partial charge in [-0.25, -0.2) is 9.67 Å². The highest BCUT2D eigenvalue weighted by atomic mass is 32.2. The van der Waals surface area contributed by atoms with Crippen LogP contribution in [0.2, 0.25) is 0 Å². The summed E-state index contributed by atoms with van der Waals surface area (Å²) in [7, 11) is 1.63. The molecule has 0 saturated carbocycles. The van der Waals surface area contributed by atoms with Crippen molar-refractivity contribution in [3.8, 4) is 22.9 Å². The molecule has 2 aromatic carbocycles. The Bertz CT molecular complexity index is 1010. The van der Waals surface area contributed by atoms with Crippen molar-refractivity contribution in [3.63, 3.8) is 0 Å². The summed E-state index contributed by atoms with van der Waals surface area (Å²) in [5.41, 5.74) is 1.81. The first-order valence-electron chi connectivity index (χ1n) is 8.34. The van der Waals surface area contributed by atoms with Crippen LogP contribution < -0.4 is 4.74 Å². The molecule has 8 heteroatoms. The fourth-order valence-electron chi connectivity index (χ4n) is 2.46. The van der Waals surface area contributed by atoms with Crippen LogP contribution in [-0.2, 0) is 0 Å². The molecule has 2 heterocycles. The van der Waals surface area contributed by atoms with Gasteiger partial charge in [-0.2, -0.15) is 0 Å². The first kappa shape index (κ1) is 17.3. The summed E-state index contributed by atoms with van der Waals surface area (Å²) in [6.07, 6.45) is 1.70. The molecular weight excluding hydrogens is 362 g/mol. The van der Waals surface area contributed by atoms with E-state index in [9.17, 15) is 0 Å². The van der Waals surface area contributed by atoms with E-state index in [-0.39, 0.29) is 5.25 Å². The van der Waals surface area contributed by atoms with Gasteiger partial charge in [-0.05, 0) is 43.3 Å². The van der Waals surface area contributed by atoms with Crippen LogP contribution in [0.1, 0.15) is 18.1 Å². The van der Waals surface area contributed by atoms with E-state index in [0.29, 0.717) is 16.9 Å². The maximum absolute atomic E-state index is 5.82. The third kappa shape index (κ3) is 3.85. The third-order valence-corrected chi connectivity index (χ3v) is 4.85. The molecule has 0 unspecified atom stereocenters. The molecule has 27 heavy (non-hydrogen) atoms. The van der Waals surface area contributed by atoms with Gasteiger partial charge in [-0.15, -0.1) is 15.3 Å². The van der Waals surface area contributed by atoms with Gasteiger partial charge in [-0.1, -0.05) is 30.0 Å². The number of hydrogen-bond acceptors (Lipinski definition) is 7. The second-order valence-corrected chi connectivity index (χ2v) is 7.05. The summed E-state index contributed by atoms with van der Waals surface area (Å²) in [5.74, 6) is 1.78. The van der Waals surface area contributed by atoms with Crippen molar-refractivity contribution < 1.29 is 9.15 Å². The average Bonchev–Trinajstić information content (AvgIpc) is 3.39. The molecule has 0 saturated heterocycles. The zero-order valence-corrected chi connectivity index (χ0v) is 15.6. The maximum atomic E-state index is 5.82. The number of ether oxygens (including phenoxy) is 1. The van der Waals surface area contributed by atoms with E-state index in [0.717, 1.165) is 17.0 Å². The average molecular weight is 379 g/mol. The fraction of sp³-hybridized carbons (Fsp3) is 0.158. The lowest BCUT2D eigenvalue weighted by Gasteiger charge is -2.03. The molecule has 0 spiro atoms. The second kappa shape index (κ2) is 7.63. The molecule has 0 aliphatic rings. The summed E-state index contributed by atoms with van der Waals surface area (Å²) in [4.78, 5) is 4.35. The zero-order valence-electron chi connectivity index (χ0n) is 14.8. The number of hydrogen-bond donors (Lipinski definition) is 0. The van der Waals surface area contributed by atoms with Crippen molar-refractivity contribution in [3.05, 3.63) is 66.8 Å². The number of aromatic nitrogens is 5. The van der Waals surface area contributed by atoms with E-state index in [1.165, 1.54) is 11.8 Å². The number of thioether (sulfide) groups is 1. The Hall–Kier alpha value is -3.13. The summed E-state index contributed by atoms with van der Waals surface area (Å²) >= 11 is 1.47. The van der Waals surface area contributed by atoms with Gasteiger partial charge in [0.15, 0.2) is 0 Å². The summed E-state index contributed by atoms with van der Waals surface area (Å²) < 4.78 is 12.7. The predicted molar refractivity (Wildman–Crippen MR) is 102 cm³/mol. The highest BCUT2D eigenvalue weighted by Gasteiger charge is 2.18. The Labute approximate surface area is 160 Å². The number of benzene rings is 2. The van der Waals surface area contributed by atoms with Crippen molar-refractivity contribution in [2.45, 2.75) is 17.3 Å². The SMILES string of the molecule is COc1ccc(-c2nnc([C@H](C)Sc3ncn(-c4ccccc4)n3)o2)cc1. The Balaban J connectivity index is 1.46. The molecule has 0 bridgehead atoms. The van der Waals surface area contributed by atoms with E-state index in [2.05, 4.69) is 20.3 Å². The Kier molecular flexibility index (Phi) is 4.88. The smallest absolute Gasteiger partial charge is 0.247 e. The summed E-state index contributed by atoms with van der Waals surface area (Å²) in [5, 5.41) is 13.4. The van der Waals surface area contributed by atoms with Crippen molar-refractivity contribution >= 4 is 11.8 Å². The minimum Gasteiger partial charge on any atom is -0.497 e. The molecule has 7 nitrogen and oxygen atoms in total. The van der Waals surface area contributed by atoms with Crippen LogP contribution in [0.5, 0.6) is 5.75 Å². The van der Waals surface area contributed by atoms with Gasteiger partial charge in [0.1, 0.15) is 12.1 Å². The van der Waals surface area contributed by atoms with Crippen LogP contribution in [0.15, 0.2) is 70.5 Å². The van der Waals surface area contributed by atoms with E-state index in [1.807, 2.05) is 61.5 Å². The first-order valence-corrected chi connectivity index (χ1v) is 9.22. The second-order valence-electron chi connectivity index (χ2n) is 5.74. The van der Waals surface area contributed by atoms with Crippen molar-refractivity contribution in [2.75, 3.05) is 7.11 Å². The van der Waals surface area contributed by atoms with Gasteiger partial charge in [0.05, 0.1) is 18.0 Å². The van der Waals surface area contributed by atoms with E-state index in [1.54, 1.807) is 18.1 Å². The molecule has 4 aromatic rings. The van der Waals surface area contributed by atoms with E-state index in [4.69, 9.17) is 9.15 Å². The number of nitrogens with zero attached hydrogens (tertiary/aromatic N) is 5. The molecule has 2 aromatic heterocycles. The topological polar surface area (TPSA) is 78.9 Å². The normalized spacial score (nSPS) is 12.1. The number of rotatable bonds is 6. The van der Waals surface area contributed by atoms with Crippen LogP contribution in [0.4, 0.5) is 0 Å². The zero-order chi connectivity index (χ0) is 18.6. The molecule has 0 aliphatic heterocycles. The van der Waals surface area contributed by atoms with Crippen molar-refractivity contribution in [1.82, 2.24) is 25.0 Å². The lowest BCUT2D eigenvalue weighted by Crippen LogP contribution is -1.94. The van der Waals surface area contributed by atoms with Crippen LogP contribution in [0, 0.1) is 0 Å². The van der Waals surface area contributed by atoms with Gasteiger partial charge in [0, 0.05) is 5.56 Å². The Morgan fingerprint density at radius 1 is 1.04 bits per heavy atom. The molecule has 136 valence electrons. The van der Waals surface area contributed by atoms with E-state index < -0.39 is 0 Å². The molecule has 0 aliphatic carbocycles. The lowest BCUT2D eigenvalue weighted by molar-refractivity contribution is 0.415. The predicted octanol–water partition coefficient (Wildman–Crippen LogP) is 4.18. The molecule has 0 amide bonds. The summed E-state index contributed by atoms with van der Waals surface area (Å²) in [6.45, 7) is 1.99. The van der Waals surface area contributed by atoms with Crippen LogP contribution in [0.3, 0.4) is 0 Å². The number of methoxy groups -OCH3 is 1. The van der Waals surface area contributed by atoms with Gasteiger partial charge in [0.2, 0.25) is 16.9 Å². The van der Waals surface area contributed by atoms with Gasteiger partial charge < -0.3 is 9.15 Å². The first-order chi connectivity index (χ1) is 13.2. The summed E-state index contributed by atoms with van der Waals surface area (Å²) in [6, 6.07) is 17.3. The molecule has 0 N–H and O–H groups in total. The lowest BCUT2D eigenvalue weighted by atomic mass is 10.2. The van der Waals surface area contributed by atoms with Crippen LogP contribution in [0.25, 0.3) is 17.1 Å². The molecular formula is C19H17N5O2S. The molecule has 1 atom stereocenters. The number of para-hydroxylation sites is 1. The van der Waals surface area contributed by atoms with Gasteiger partial charge in [-0.3, -0.25) is 0 Å². The molecule has 0 radical (unpaired) electrons. The minimum absolute atomic E-state index is 0.0730. The van der Waals surface area contributed by atoms with Gasteiger partial charge in [0.25, 0.3) is 0 Å². The fourth-order valence-corrected chi connectivity index (χ4v) is 3.22. The highest BCUT2D eigenvalue weighted by molar-refractivity contribution is 7.99. The van der Waals surface area contributed by atoms with Gasteiger partial charge >= 0.3 is 0 Å². The highest BCUT2D eigenvalue weighted by Crippen LogP contribution is 2.33. The maximum Gasteiger partial charge on any atom is 0.247 e. The molecule has 4 rings (SSSR count). The Morgan fingerprint density at radius 3 is 2.56 bits per heavy atom. The van der Waals surface area contributed by atoms with Crippen molar-refractivity contribution in [2.24, 2.45) is 0 Å². The Morgan fingerprint density at radius 2 is 1.81 bits per heavy atom. The van der Waals surface area contributed by atoms with Crippen LogP contribution >= 0.6 is 11.8 Å². The molecule has 0 fully saturated rings. The quantitative estimate of drug-likeness (QED) is 0.465. The van der Waals surface area contributed by atoms with Crippen molar-refractivity contribution in [1.29, 1.82) is 0 Å². The standard InChI is InChI=1S/C19H17N5O2S/c1-13(27-19-20-12-24(23-19)15-6-4-3-5-7-15)17-21-22-18(26-17)14-8-10-16(25-2)11-9-14/h3-13H,1-2H3/t13-/m0/s1. The monoisotopic (exact) mass is 379 g/mol.